The van der Waals surface area contributed by atoms with Gasteiger partial charge in [-0.3, -0.25) is 0 Å². The zero-order chi connectivity index (χ0) is 15.2. The number of anilines is 1. The second-order valence-corrected chi connectivity index (χ2v) is 5.83. The van der Waals surface area contributed by atoms with Gasteiger partial charge in [0.15, 0.2) is 0 Å². The average Bonchev–Trinajstić information content (AvgIpc) is 2.61. The molecule has 0 unspecified atom stereocenters. The molecular formula is C18H23N3O. The molecule has 1 aliphatic rings. The van der Waals surface area contributed by atoms with E-state index in [1.807, 2.05) is 24.3 Å². The predicted molar refractivity (Wildman–Crippen MR) is 88.2 cm³/mol. The Kier molecular flexibility index (Phi) is 4.88. The molecule has 0 saturated heterocycles. The first-order valence-corrected chi connectivity index (χ1v) is 8.06. The molecule has 3 rings (SSSR count). The molecule has 1 fully saturated rings. The quantitative estimate of drug-likeness (QED) is 0.900. The van der Waals surface area contributed by atoms with Crippen LogP contribution in [0.25, 0.3) is 0 Å². The minimum absolute atomic E-state index is 0.473. The van der Waals surface area contributed by atoms with Gasteiger partial charge in [-0.05, 0) is 18.4 Å². The van der Waals surface area contributed by atoms with Crippen LogP contribution in [0.1, 0.15) is 49.4 Å². The highest BCUT2D eigenvalue weighted by atomic mass is 16.5. The van der Waals surface area contributed by atoms with E-state index in [1.165, 1.54) is 37.7 Å². The largest absolute Gasteiger partial charge is 0.481 e. The number of rotatable bonds is 5. The fourth-order valence-electron chi connectivity index (χ4n) is 2.97. The Hall–Kier alpha value is -2.10. The summed E-state index contributed by atoms with van der Waals surface area (Å²) in [6.07, 6.45) is 6.26. The van der Waals surface area contributed by atoms with Crippen LogP contribution in [-0.2, 0) is 6.54 Å². The standard InChI is InChI=1S/C18H23N3O/c1-22-17-12-16(19-13-14-8-4-2-5-9-14)20-18(21-17)15-10-6-3-7-11-15/h2,4-5,8-9,12,15H,3,6-7,10-11,13H2,1H3,(H,19,20,21). The van der Waals surface area contributed by atoms with Crippen molar-refractivity contribution in [2.75, 3.05) is 12.4 Å². The number of benzene rings is 1. The molecule has 1 aromatic heterocycles. The van der Waals surface area contributed by atoms with Crippen LogP contribution >= 0.6 is 0 Å². The first kappa shape index (κ1) is 14.8. The molecule has 0 radical (unpaired) electrons. The number of aromatic nitrogens is 2. The molecule has 1 aromatic carbocycles. The summed E-state index contributed by atoms with van der Waals surface area (Å²) in [5.74, 6) is 2.89. The van der Waals surface area contributed by atoms with E-state index < -0.39 is 0 Å². The Labute approximate surface area is 132 Å². The molecule has 4 heteroatoms. The van der Waals surface area contributed by atoms with Crippen molar-refractivity contribution in [2.24, 2.45) is 0 Å². The van der Waals surface area contributed by atoms with E-state index in [0.29, 0.717) is 11.8 Å². The van der Waals surface area contributed by atoms with Gasteiger partial charge in [-0.1, -0.05) is 49.6 Å². The van der Waals surface area contributed by atoms with Gasteiger partial charge in [0.25, 0.3) is 0 Å². The van der Waals surface area contributed by atoms with Crippen LogP contribution in [0.4, 0.5) is 5.82 Å². The van der Waals surface area contributed by atoms with Crippen LogP contribution in [0.5, 0.6) is 5.88 Å². The van der Waals surface area contributed by atoms with Crippen LogP contribution in [-0.4, -0.2) is 17.1 Å². The Morgan fingerprint density at radius 1 is 1.09 bits per heavy atom. The maximum absolute atomic E-state index is 5.35. The third-order valence-electron chi connectivity index (χ3n) is 4.22. The fraction of sp³-hybridized carbons (Fsp3) is 0.444. The molecule has 22 heavy (non-hydrogen) atoms. The molecule has 0 atom stereocenters. The average molecular weight is 297 g/mol. The third kappa shape index (κ3) is 3.75. The second-order valence-electron chi connectivity index (χ2n) is 5.83. The summed E-state index contributed by atoms with van der Waals surface area (Å²) in [4.78, 5) is 9.28. The highest BCUT2D eigenvalue weighted by Gasteiger charge is 2.19. The summed E-state index contributed by atoms with van der Waals surface area (Å²) in [6.45, 7) is 0.755. The normalized spacial score (nSPS) is 15.5. The van der Waals surface area contributed by atoms with Gasteiger partial charge in [0, 0.05) is 18.5 Å². The molecule has 0 bridgehead atoms. The lowest BCUT2D eigenvalue weighted by atomic mass is 9.89. The van der Waals surface area contributed by atoms with Crippen molar-refractivity contribution >= 4 is 5.82 Å². The van der Waals surface area contributed by atoms with Crippen LogP contribution in [0.3, 0.4) is 0 Å². The molecule has 0 amide bonds. The fourth-order valence-corrected chi connectivity index (χ4v) is 2.97. The summed E-state index contributed by atoms with van der Waals surface area (Å²) in [5, 5.41) is 3.38. The molecule has 1 heterocycles. The summed E-state index contributed by atoms with van der Waals surface area (Å²) in [7, 11) is 1.66. The molecule has 2 aromatic rings. The molecule has 0 spiro atoms. The van der Waals surface area contributed by atoms with Crippen LogP contribution in [0.2, 0.25) is 0 Å². The van der Waals surface area contributed by atoms with Crippen molar-refractivity contribution in [2.45, 2.75) is 44.6 Å². The number of nitrogens with one attached hydrogen (secondary N) is 1. The van der Waals surface area contributed by atoms with Gasteiger partial charge in [-0.25, -0.2) is 4.98 Å². The third-order valence-corrected chi connectivity index (χ3v) is 4.22. The minimum Gasteiger partial charge on any atom is -0.481 e. The Morgan fingerprint density at radius 3 is 2.59 bits per heavy atom. The van der Waals surface area contributed by atoms with E-state index >= 15 is 0 Å². The lowest BCUT2D eigenvalue weighted by Gasteiger charge is -2.21. The minimum atomic E-state index is 0.473. The number of nitrogens with zero attached hydrogens (tertiary/aromatic N) is 2. The first-order chi connectivity index (χ1) is 10.8. The number of hydrogen-bond donors (Lipinski definition) is 1. The van der Waals surface area contributed by atoms with E-state index in [9.17, 15) is 0 Å². The Bertz CT molecular complexity index is 595. The first-order valence-electron chi connectivity index (χ1n) is 8.06. The van der Waals surface area contributed by atoms with Gasteiger partial charge in [-0.15, -0.1) is 0 Å². The van der Waals surface area contributed by atoms with E-state index in [-0.39, 0.29) is 0 Å². The maximum Gasteiger partial charge on any atom is 0.218 e. The summed E-state index contributed by atoms with van der Waals surface area (Å²) in [5.41, 5.74) is 1.24. The molecule has 0 aliphatic heterocycles. The second kappa shape index (κ2) is 7.25. The number of methoxy groups -OCH3 is 1. The van der Waals surface area contributed by atoms with Crippen molar-refractivity contribution in [1.82, 2.24) is 9.97 Å². The summed E-state index contributed by atoms with van der Waals surface area (Å²) < 4.78 is 5.35. The topological polar surface area (TPSA) is 47.0 Å². The molecule has 1 saturated carbocycles. The molecule has 4 nitrogen and oxygen atoms in total. The van der Waals surface area contributed by atoms with Gasteiger partial charge >= 0.3 is 0 Å². The van der Waals surface area contributed by atoms with E-state index in [1.54, 1.807) is 7.11 Å². The number of hydrogen-bond acceptors (Lipinski definition) is 4. The number of ether oxygens (including phenoxy) is 1. The van der Waals surface area contributed by atoms with Crippen molar-refractivity contribution in [3.8, 4) is 5.88 Å². The van der Waals surface area contributed by atoms with Gasteiger partial charge in [-0.2, -0.15) is 4.98 Å². The van der Waals surface area contributed by atoms with Crippen LogP contribution in [0.15, 0.2) is 36.4 Å². The predicted octanol–water partition coefficient (Wildman–Crippen LogP) is 4.15. The smallest absolute Gasteiger partial charge is 0.218 e. The Morgan fingerprint density at radius 2 is 1.86 bits per heavy atom. The lowest BCUT2D eigenvalue weighted by molar-refractivity contribution is 0.383. The van der Waals surface area contributed by atoms with Crippen molar-refractivity contribution in [3.63, 3.8) is 0 Å². The van der Waals surface area contributed by atoms with Crippen molar-refractivity contribution in [1.29, 1.82) is 0 Å². The highest BCUT2D eigenvalue weighted by molar-refractivity contribution is 5.40. The lowest BCUT2D eigenvalue weighted by Crippen LogP contribution is -2.11. The molecule has 116 valence electrons. The maximum atomic E-state index is 5.35. The van der Waals surface area contributed by atoms with Crippen LogP contribution in [0, 0.1) is 0 Å². The van der Waals surface area contributed by atoms with Gasteiger partial charge in [0.05, 0.1) is 7.11 Å². The molecule has 1 aliphatic carbocycles. The molecular weight excluding hydrogens is 274 g/mol. The summed E-state index contributed by atoms with van der Waals surface area (Å²) in [6, 6.07) is 12.2. The van der Waals surface area contributed by atoms with Gasteiger partial charge in [0.2, 0.25) is 5.88 Å². The monoisotopic (exact) mass is 297 g/mol. The zero-order valence-corrected chi connectivity index (χ0v) is 13.1. The summed E-state index contributed by atoms with van der Waals surface area (Å²) >= 11 is 0. The van der Waals surface area contributed by atoms with Crippen molar-refractivity contribution in [3.05, 3.63) is 47.8 Å². The van der Waals surface area contributed by atoms with Gasteiger partial charge in [0.1, 0.15) is 11.6 Å². The SMILES string of the molecule is COc1cc(NCc2ccccc2)nc(C2CCCCC2)n1. The zero-order valence-electron chi connectivity index (χ0n) is 13.1. The highest BCUT2D eigenvalue weighted by Crippen LogP contribution is 2.32. The van der Waals surface area contributed by atoms with Gasteiger partial charge < -0.3 is 10.1 Å². The van der Waals surface area contributed by atoms with Crippen molar-refractivity contribution < 1.29 is 4.74 Å². The van der Waals surface area contributed by atoms with E-state index in [2.05, 4.69) is 22.4 Å². The molecule has 1 N–H and O–H groups in total. The van der Waals surface area contributed by atoms with E-state index in [4.69, 9.17) is 9.72 Å². The van der Waals surface area contributed by atoms with E-state index in [0.717, 1.165) is 18.2 Å². The van der Waals surface area contributed by atoms with Crippen LogP contribution < -0.4 is 10.1 Å². The Balaban J connectivity index is 1.75.